The summed E-state index contributed by atoms with van der Waals surface area (Å²) in [6.07, 6.45) is 5.58. The van der Waals surface area contributed by atoms with Crippen LogP contribution in [-0.4, -0.2) is 36.9 Å². The molecule has 0 unspecified atom stereocenters. The number of anilines is 1. The molecule has 1 aromatic carbocycles. The third-order valence-corrected chi connectivity index (χ3v) is 7.74. The Morgan fingerprint density at radius 1 is 1.12 bits per heavy atom. The number of nitrogens with one attached hydrogen (secondary N) is 1. The van der Waals surface area contributed by atoms with Gasteiger partial charge in [0, 0.05) is 24.7 Å². The fourth-order valence-corrected chi connectivity index (χ4v) is 5.84. The lowest BCUT2D eigenvalue weighted by Gasteiger charge is -2.30. The van der Waals surface area contributed by atoms with Crippen LogP contribution in [0.4, 0.5) is 5.69 Å². The van der Waals surface area contributed by atoms with Gasteiger partial charge in [-0.3, -0.25) is 4.79 Å². The van der Waals surface area contributed by atoms with Crippen molar-refractivity contribution in [1.29, 1.82) is 0 Å². The Morgan fingerprint density at radius 2 is 1.82 bits per heavy atom. The lowest BCUT2D eigenvalue weighted by atomic mass is 9.97. The maximum atomic E-state index is 13.4. The van der Waals surface area contributed by atoms with Crippen LogP contribution in [0, 0.1) is 26.7 Å². The van der Waals surface area contributed by atoms with E-state index >= 15 is 0 Å². The van der Waals surface area contributed by atoms with Crippen LogP contribution in [0.1, 0.15) is 41.2 Å². The number of furan rings is 1. The molecule has 1 amide bonds. The Bertz CT molecular complexity index is 1250. The first-order valence-corrected chi connectivity index (χ1v) is 12.3. The Balaban J connectivity index is 1.44. The molecule has 0 atom stereocenters. The molecule has 1 fully saturated rings. The van der Waals surface area contributed by atoms with Crippen molar-refractivity contribution >= 4 is 33.8 Å². The maximum absolute atomic E-state index is 13.4. The first kappa shape index (κ1) is 23.0. The minimum absolute atomic E-state index is 0.0449. The summed E-state index contributed by atoms with van der Waals surface area (Å²) in [6, 6.07) is 9.39. The van der Waals surface area contributed by atoms with Gasteiger partial charge in [0.1, 0.15) is 11.5 Å². The van der Waals surface area contributed by atoms with E-state index in [1.807, 2.05) is 32.0 Å². The number of aromatic nitrogens is 1. The van der Waals surface area contributed by atoms with E-state index in [2.05, 4.69) is 10.5 Å². The summed E-state index contributed by atoms with van der Waals surface area (Å²) < 4.78 is 38.6. The number of amides is 1. The highest BCUT2D eigenvalue weighted by Crippen LogP contribution is 2.29. The van der Waals surface area contributed by atoms with Crippen LogP contribution in [0.3, 0.4) is 0 Å². The lowest BCUT2D eigenvalue weighted by Crippen LogP contribution is -2.41. The minimum Gasteiger partial charge on any atom is -0.465 e. The van der Waals surface area contributed by atoms with Crippen molar-refractivity contribution < 1.29 is 22.2 Å². The molecular formula is C24H27N3O5S. The number of benzene rings is 1. The number of piperidine rings is 1. The average molecular weight is 470 g/mol. The molecule has 8 nitrogen and oxygen atoms in total. The van der Waals surface area contributed by atoms with Gasteiger partial charge in [-0.2, -0.15) is 4.31 Å². The highest BCUT2D eigenvalue weighted by atomic mass is 32.2. The van der Waals surface area contributed by atoms with Gasteiger partial charge >= 0.3 is 0 Å². The molecule has 4 rings (SSSR count). The van der Waals surface area contributed by atoms with Crippen LogP contribution >= 0.6 is 0 Å². The molecular weight excluding hydrogens is 442 g/mol. The molecule has 2 aromatic heterocycles. The molecule has 3 heterocycles. The molecule has 1 aliphatic rings. The van der Waals surface area contributed by atoms with Crippen molar-refractivity contribution in [3.63, 3.8) is 0 Å². The third kappa shape index (κ3) is 5.09. The fourth-order valence-electron chi connectivity index (χ4n) is 4.12. The molecule has 0 aliphatic carbocycles. The van der Waals surface area contributed by atoms with Gasteiger partial charge in [-0.15, -0.1) is 0 Å². The Labute approximate surface area is 193 Å². The van der Waals surface area contributed by atoms with E-state index in [1.54, 1.807) is 25.1 Å². The van der Waals surface area contributed by atoms with E-state index < -0.39 is 10.0 Å². The van der Waals surface area contributed by atoms with Crippen LogP contribution < -0.4 is 5.32 Å². The summed E-state index contributed by atoms with van der Waals surface area (Å²) in [6.45, 7) is 6.07. The van der Waals surface area contributed by atoms with Gasteiger partial charge in [0.2, 0.25) is 15.9 Å². The average Bonchev–Trinajstić information content (AvgIpc) is 3.41. The van der Waals surface area contributed by atoms with Crippen LogP contribution in [0.25, 0.3) is 12.2 Å². The molecule has 9 heteroatoms. The molecule has 1 saturated heterocycles. The summed E-state index contributed by atoms with van der Waals surface area (Å²) in [4.78, 5) is 12.8. The van der Waals surface area contributed by atoms with E-state index in [-0.39, 0.29) is 35.6 Å². The van der Waals surface area contributed by atoms with E-state index in [0.717, 1.165) is 16.8 Å². The highest BCUT2D eigenvalue weighted by Gasteiger charge is 2.36. The van der Waals surface area contributed by atoms with E-state index in [0.29, 0.717) is 24.3 Å². The molecule has 3 aromatic rings. The fraction of sp³-hybridized carbons (Fsp3) is 0.333. The third-order valence-electron chi connectivity index (χ3n) is 5.69. The minimum atomic E-state index is -3.83. The van der Waals surface area contributed by atoms with E-state index in [4.69, 9.17) is 8.94 Å². The van der Waals surface area contributed by atoms with Gasteiger partial charge in [0.15, 0.2) is 10.7 Å². The van der Waals surface area contributed by atoms with Gasteiger partial charge in [-0.1, -0.05) is 11.2 Å². The number of rotatable bonds is 6. The predicted octanol–water partition coefficient (Wildman–Crippen LogP) is 4.40. The van der Waals surface area contributed by atoms with Gasteiger partial charge in [0.25, 0.3) is 0 Å². The zero-order valence-corrected chi connectivity index (χ0v) is 19.7. The molecule has 0 spiro atoms. The molecule has 0 bridgehead atoms. The van der Waals surface area contributed by atoms with Crippen molar-refractivity contribution in [1.82, 2.24) is 9.46 Å². The number of hydrogen-bond donors (Lipinski definition) is 1. The van der Waals surface area contributed by atoms with Crippen molar-refractivity contribution in [2.45, 2.75) is 38.5 Å². The number of hydrogen-bond acceptors (Lipinski definition) is 6. The standard InChI is InChI=1S/C24H27N3O5S/c1-16-13-17(2)15-20(14-16)25-24(28)19-8-10-27(11-9-19)33(29,30)23-18(3)26-32-22(23)7-6-21-5-4-12-31-21/h4-7,12-15,19H,8-11H2,1-3H3,(H,25,28). The van der Waals surface area contributed by atoms with Gasteiger partial charge in [-0.25, -0.2) is 8.42 Å². The molecule has 0 saturated carbocycles. The van der Waals surface area contributed by atoms with Crippen LogP contribution in [0.15, 0.2) is 50.4 Å². The van der Waals surface area contributed by atoms with Gasteiger partial charge in [0.05, 0.1) is 6.26 Å². The van der Waals surface area contributed by atoms with Gasteiger partial charge in [-0.05, 0) is 81.2 Å². The normalized spacial score (nSPS) is 15.8. The largest absolute Gasteiger partial charge is 0.465 e. The second-order valence-electron chi connectivity index (χ2n) is 8.35. The maximum Gasteiger partial charge on any atom is 0.248 e. The van der Waals surface area contributed by atoms with Crippen molar-refractivity contribution in [3.05, 3.63) is 64.9 Å². The number of sulfonamides is 1. The second-order valence-corrected chi connectivity index (χ2v) is 10.2. The molecule has 0 radical (unpaired) electrons. The molecule has 1 aliphatic heterocycles. The van der Waals surface area contributed by atoms with Gasteiger partial charge < -0.3 is 14.3 Å². The summed E-state index contributed by atoms with van der Waals surface area (Å²) in [5.41, 5.74) is 3.21. The van der Waals surface area contributed by atoms with Crippen molar-refractivity contribution in [2.75, 3.05) is 18.4 Å². The zero-order valence-electron chi connectivity index (χ0n) is 18.9. The summed E-state index contributed by atoms with van der Waals surface area (Å²) >= 11 is 0. The highest BCUT2D eigenvalue weighted by molar-refractivity contribution is 7.89. The lowest BCUT2D eigenvalue weighted by molar-refractivity contribution is -0.120. The molecule has 1 N–H and O–H groups in total. The quantitative estimate of drug-likeness (QED) is 0.574. The van der Waals surface area contributed by atoms with Crippen LogP contribution in [-0.2, 0) is 14.8 Å². The number of carbonyl (C=O) groups is 1. The SMILES string of the molecule is Cc1cc(C)cc(NC(=O)C2CCN(S(=O)(=O)c3c(C)noc3C=Cc3ccco3)CC2)c1. The van der Waals surface area contributed by atoms with Crippen molar-refractivity contribution in [2.24, 2.45) is 5.92 Å². The number of nitrogens with zero attached hydrogens (tertiary/aromatic N) is 2. The van der Waals surface area contributed by atoms with Crippen LogP contribution in [0.2, 0.25) is 0 Å². The Morgan fingerprint density at radius 3 is 2.45 bits per heavy atom. The summed E-state index contributed by atoms with van der Waals surface area (Å²) in [5, 5.41) is 6.83. The van der Waals surface area contributed by atoms with E-state index in [9.17, 15) is 13.2 Å². The first-order chi connectivity index (χ1) is 15.7. The second kappa shape index (κ2) is 9.36. The topological polar surface area (TPSA) is 106 Å². The number of carbonyl (C=O) groups excluding carboxylic acids is 1. The molecule has 33 heavy (non-hydrogen) atoms. The Hall–Kier alpha value is -3.17. The predicted molar refractivity (Wildman–Crippen MR) is 125 cm³/mol. The monoisotopic (exact) mass is 469 g/mol. The summed E-state index contributed by atoms with van der Waals surface area (Å²) in [5.74, 6) is 0.390. The van der Waals surface area contributed by atoms with Crippen molar-refractivity contribution in [3.8, 4) is 0 Å². The zero-order chi connectivity index (χ0) is 23.6. The molecule has 174 valence electrons. The first-order valence-electron chi connectivity index (χ1n) is 10.8. The summed E-state index contributed by atoms with van der Waals surface area (Å²) in [7, 11) is -3.83. The van der Waals surface area contributed by atoms with Crippen LogP contribution in [0.5, 0.6) is 0 Å². The Kier molecular flexibility index (Phi) is 6.53. The smallest absolute Gasteiger partial charge is 0.248 e. The number of aryl methyl sites for hydroxylation is 3. The van der Waals surface area contributed by atoms with E-state index in [1.165, 1.54) is 16.6 Å².